The first-order valence-corrected chi connectivity index (χ1v) is 13.8. The highest BCUT2D eigenvalue weighted by atomic mass is 16.5. The van der Waals surface area contributed by atoms with Gasteiger partial charge in [-0.3, -0.25) is 0 Å². The number of aryl methyl sites for hydroxylation is 3. The van der Waals surface area contributed by atoms with E-state index in [1.807, 2.05) is 20.8 Å². The van der Waals surface area contributed by atoms with Crippen LogP contribution < -0.4 is 9.47 Å². The molecule has 0 saturated heterocycles. The highest BCUT2D eigenvalue weighted by molar-refractivity contribution is 5.48. The van der Waals surface area contributed by atoms with Gasteiger partial charge in [-0.05, 0) is 84.9 Å². The van der Waals surface area contributed by atoms with Crippen molar-refractivity contribution in [2.24, 2.45) is 5.41 Å². The van der Waals surface area contributed by atoms with Gasteiger partial charge in [0.05, 0.1) is 12.7 Å². The third kappa shape index (κ3) is 7.17. The van der Waals surface area contributed by atoms with E-state index in [1.165, 1.54) is 22.3 Å². The van der Waals surface area contributed by atoms with Crippen LogP contribution in [0.25, 0.3) is 0 Å². The third-order valence-corrected chi connectivity index (χ3v) is 7.77. The molecule has 0 saturated carbocycles. The highest BCUT2D eigenvalue weighted by Crippen LogP contribution is 2.41. The lowest BCUT2D eigenvalue weighted by molar-refractivity contribution is 0.0216. The van der Waals surface area contributed by atoms with Crippen molar-refractivity contribution in [1.82, 2.24) is 0 Å². The van der Waals surface area contributed by atoms with Gasteiger partial charge in [0.2, 0.25) is 0 Å². The molecule has 0 aliphatic heterocycles. The quantitative estimate of drug-likeness (QED) is 0.254. The standard InChI is InChI=1S/C34H46O3/c1-8-34(9-2,29-18-20-31(26(4)23-29)37-24-32(35)33(5,6)7)28-17-19-30(25(3)22-28)36-21-13-16-27-14-11-10-12-15-27/h10-12,14-15,17-20,22-23,32,35H,8-9,13,16,21,24H2,1-7H3. The molecule has 0 aromatic heterocycles. The molecule has 1 atom stereocenters. The molecule has 3 aromatic carbocycles. The van der Waals surface area contributed by atoms with E-state index in [-0.39, 0.29) is 10.8 Å². The summed E-state index contributed by atoms with van der Waals surface area (Å²) in [7, 11) is 0. The summed E-state index contributed by atoms with van der Waals surface area (Å²) in [5.41, 5.74) is 5.97. The van der Waals surface area contributed by atoms with E-state index in [0.29, 0.717) is 13.2 Å². The molecule has 1 unspecified atom stereocenters. The van der Waals surface area contributed by atoms with Crippen molar-refractivity contribution >= 4 is 0 Å². The fraction of sp³-hybridized carbons (Fsp3) is 0.471. The Morgan fingerprint density at radius 3 is 1.78 bits per heavy atom. The molecule has 0 spiro atoms. The fourth-order valence-electron chi connectivity index (χ4n) is 4.97. The summed E-state index contributed by atoms with van der Waals surface area (Å²) in [5, 5.41) is 10.4. The molecule has 0 bridgehead atoms. The van der Waals surface area contributed by atoms with Crippen LogP contribution in [0.1, 0.15) is 81.7 Å². The lowest BCUT2D eigenvalue weighted by atomic mass is 9.70. The molecule has 0 heterocycles. The lowest BCUT2D eigenvalue weighted by Gasteiger charge is -2.34. The number of ether oxygens (including phenoxy) is 2. The second-order valence-electron chi connectivity index (χ2n) is 11.4. The topological polar surface area (TPSA) is 38.7 Å². The maximum atomic E-state index is 10.4. The van der Waals surface area contributed by atoms with Crippen molar-refractivity contribution in [3.05, 3.63) is 94.5 Å². The zero-order valence-electron chi connectivity index (χ0n) is 23.9. The Kier molecular flexibility index (Phi) is 9.84. The van der Waals surface area contributed by atoms with E-state index in [4.69, 9.17) is 9.47 Å². The summed E-state index contributed by atoms with van der Waals surface area (Å²) in [4.78, 5) is 0. The Morgan fingerprint density at radius 1 is 0.757 bits per heavy atom. The SMILES string of the molecule is CCC(CC)(c1ccc(OCCCc2ccccc2)c(C)c1)c1ccc(OCC(O)C(C)(C)C)c(C)c1. The van der Waals surface area contributed by atoms with Gasteiger partial charge >= 0.3 is 0 Å². The molecule has 3 rings (SSSR count). The number of aliphatic hydroxyl groups excluding tert-OH is 1. The van der Waals surface area contributed by atoms with Gasteiger partial charge in [-0.1, -0.05) is 89.2 Å². The van der Waals surface area contributed by atoms with Crippen LogP contribution in [-0.4, -0.2) is 24.4 Å². The van der Waals surface area contributed by atoms with Gasteiger partial charge in [-0.15, -0.1) is 0 Å². The number of aliphatic hydroxyl groups is 1. The molecule has 3 aromatic rings. The summed E-state index contributed by atoms with van der Waals surface area (Å²) < 4.78 is 12.2. The molecule has 0 fully saturated rings. The van der Waals surface area contributed by atoms with Crippen LogP contribution in [0.5, 0.6) is 11.5 Å². The Bertz CT molecular complexity index is 1120. The van der Waals surface area contributed by atoms with Crippen LogP contribution in [0.2, 0.25) is 0 Å². The Balaban J connectivity index is 1.73. The first-order valence-electron chi connectivity index (χ1n) is 13.8. The van der Waals surface area contributed by atoms with Gasteiger partial charge in [0.25, 0.3) is 0 Å². The average molecular weight is 503 g/mol. The largest absolute Gasteiger partial charge is 0.493 e. The molecule has 0 radical (unpaired) electrons. The molecular formula is C34H46O3. The molecule has 0 amide bonds. The number of benzene rings is 3. The van der Waals surface area contributed by atoms with Crippen LogP contribution in [0.15, 0.2) is 66.7 Å². The Hall–Kier alpha value is -2.78. The molecule has 3 nitrogen and oxygen atoms in total. The molecule has 0 aliphatic rings. The van der Waals surface area contributed by atoms with Crippen molar-refractivity contribution in [3.8, 4) is 11.5 Å². The Labute approximate surface area is 224 Å². The Morgan fingerprint density at radius 2 is 1.30 bits per heavy atom. The van der Waals surface area contributed by atoms with Crippen molar-refractivity contribution in [2.45, 2.75) is 85.7 Å². The molecular weight excluding hydrogens is 456 g/mol. The second kappa shape index (κ2) is 12.6. The van der Waals surface area contributed by atoms with Gasteiger partial charge < -0.3 is 14.6 Å². The van der Waals surface area contributed by atoms with E-state index < -0.39 is 6.10 Å². The molecule has 200 valence electrons. The second-order valence-corrected chi connectivity index (χ2v) is 11.4. The van der Waals surface area contributed by atoms with Gasteiger partial charge in [0.1, 0.15) is 18.1 Å². The van der Waals surface area contributed by atoms with Crippen molar-refractivity contribution in [2.75, 3.05) is 13.2 Å². The van der Waals surface area contributed by atoms with Crippen LogP contribution in [-0.2, 0) is 11.8 Å². The minimum absolute atomic E-state index is 0.0786. The van der Waals surface area contributed by atoms with Crippen molar-refractivity contribution < 1.29 is 14.6 Å². The van der Waals surface area contributed by atoms with Gasteiger partial charge in [-0.25, -0.2) is 0 Å². The summed E-state index contributed by atoms with van der Waals surface area (Å²) in [6.07, 6.45) is 3.52. The minimum atomic E-state index is -0.515. The van der Waals surface area contributed by atoms with E-state index in [2.05, 4.69) is 94.4 Å². The summed E-state index contributed by atoms with van der Waals surface area (Å²) >= 11 is 0. The average Bonchev–Trinajstić information content (AvgIpc) is 2.88. The maximum Gasteiger partial charge on any atom is 0.122 e. The zero-order valence-corrected chi connectivity index (χ0v) is 23.9. The van der Waals surface area contributed by atoms with Crippen molar-refractivity contribution in [1.29, 1.82) is 0 Å². The third-order valence-electron chi connectivity index (χ3n) is 7.77. The van der Waals surface area contributed by atoms with Crippen LogP contribution in [0, 0.1) is 19.3 Å². The van der Waals surface area contributed by atoms with Crippen molar-refractivity contribution in [3.63, 3.8) is 0 Å². The number of hydrogen-bond donors (Lipinski definition) is 1. The predicted molar refractivity (Wildman–Crippen MR) is 155 cm³/mol. The van der Waals surface area contributed by atoms with Gasteiger partial charge in [0, 0.05) is 5.41 Å². The summed E-state index contributed by atoms with van der Waals surface area (Å²) in [5.74, 6) is 1.80. The number of rotatable bonds is 12. The molecule has 3 heteroatoms. The fourth-order valence-corrected chi connectivity index (χ4v) is 4.97. The van der Waals surface area contributed by atoms with Crippen LogP contribution >= 0.6 is 0 Å². The monoisotopic (exact) mass is 502 g/mol. The van der Waals surface area contributed by atoms with E-state index in [1.54, 1.807) is 0 Å². The minimum Gasteiger partial charge on any atom is -0.493 e. The zero-order chi connectivity index (χ0) is 27.1. The number of hydrogen-bond acceptors (Lipinski definition) is 3. The lowest BCUT2D eigenvalue weighted by Crippen LogP contribution is -2.32. The molecule has 37 heavy (non-hydrogen) atoms. The van der Waals surface area contributed by atoms with E-state index >= 15 is 0 Å². The first-order chi connectivity index (χ1) is 17.6. The summed E-state index contributed by atoms with van der Waals surface area (Å²) in [6.45, 7) is 15.9. The van der Waals surface area contributed by atoms with E-state index in [0.717, 1.165) is 42.7 Å². The molecule has 1 N–H and O–H groups in total. The van der Waals surface area contributed by atoms with Gasteiger partial charge in [-0.2, -0.15) is 0 Å². The molecule has 0 aliphatic carbocycles. The highest BCUT2D eigenvalue weighted by Gasteiger charge is 2.32. The van der Waals surface area contributed by atoms with Crippen LogP contribution in [0.3, 0.4) is 0 Å². The predicted octanol–water partition coefficient (Wildman–Crippen LogP) is 8.21. The first kappa shape index (κ1) is 28.8. The van der Waals surface area contributed by atoms with E-state index in [9.17, 15) is 5.11 Å². The summed E-state index contributed by atoms with van der Waals surface area (Å²) in [6, 6.07) is 23.8. The van der Waals surface area contributed by atoms with Crippen LogP contribution in [0.4, 0.5) is 0 Å². The van der Waals surface area contributed by atoms with Gasteiger partial charge in [0.15, 0.2) is 0 Å². The smallest absolute Gasteiger partial charge is 0.122 e. The maximum absolute atomic E-state index is 10.4. The normalized spacial score (nSPS) is 12.9.